The van der Waals surface area contributed by atoms with Gasteiger partial charge in [-0.15, -0.1) is 12.4 Å². The Morgan fingerprint density at radius 1 is 1.29 bits per heavy atom. The maximum absolute atomic E-state index is 8.56. The second-order valence-corrected chi connectivity index (χ2v) is 0.283. The SMILES string of the molecule is Cl.O=C(O)O.[H-].[H-].[K+].[K+]. The van der Waals surface area contributed by atoms with E-state index in [1.54, 1.807) is 0 Å². The van der Waals surface area contributed by atoms with Gasteiger partial charge in [-0.25, -0.2) is 4.79 Å². The van der Waals surface area contributed by atoms with Gasteiger partial charge >= 0.3 is 109 Å². The number of halogens is 1. The molecule has 3 nitrogen and oxygen atoms in total. The van der Waals surface area contributed by atoms with E-state index in [1.807, 2.05) is 0 Å². The van der Waals surface area contributed by atoms with Crippen molar-refractivity contribution in [2.45, 2.75) is 0 Å². The van der Waals surface area contributed by atoms with Gasteiger partial charge in [0.1, 0.15) is 0 Å². The van der Waals surface area contributed by atoms with Crippen molar-refractivity contribution in [2.75, 3.05) is 0 Å². The van der Waals surface area contributed by atoms with E-state index in [4.69, 9.17) is 15.0 Å². The van der Waals surface area contributed by atoms with E-state index >= 15 is 0 Å². The molecule has 0 aromatic heterocycles. The molecule has 0 atom stereocenters. The first-order valence-corrected chi connectivity index (χ1v) is 0.651. The fourth-order valence-corrected chi connectivity index (χ4v) is 0. The Bertz CT molecular complexity index is 42.8. The Labute approximate surface area is 135 Å². The summed E-state index contributed by atoms with van der Waals surface area (Å²) in [4.78, 5) is 8.56. The van der Waals surface area contributed by atoms with Crippen LogP contribution in [-0.2, 0) is 0 Å². The van der Waals surface area contributed by atoms with Crippen LogP contribution in [0.1, 0.15) is 2.85 Å². The minimum Gasteiger partial charge on any atom is -1.00 e. The zero-order chi connectivity index (χ0) is 3.58. The van der Waals surface area contributed by atoms with Crippen molar-refractivity contribution in [3.05, 3.63) is 0 Å². The average Bonchev–Trinajstić information content (AvgIpc) is 0.811. The molecule has 6 heteroatoms. The summed E-state index contributed by atoms with van der Waals surface area (Å²) in [6, 6.07) is 0. The van der Waals surface area contributed by atoms with Crippen molar-refractivity contribution in [3.8, 4) is 0 Å². The summed E-state index contributed by atoms with van der Waals surface area (Å²) in [7, 11) is 0. The molecule has 0 bridgehead atoms. The molecule has 0 unspecified atom stereocenters. The molecular weight excluding hydrogens is 174 g/mol. The Kier molecular flexibility index (Phi) is 51.3. The summed E-state index contributed by atoms with van der Waals surface area (Å²) in [5.74, 6) is 0. The third-order valence-electron chi connectivity index (χ3n) is 0. The van der Waals surface area contributed by atoms with E-state index in [0.717, 1.165) is 0 Å². The minimum absolute atomic E-state index is 0. The second kappa shape index (κ2) is 15.9. The van der Waals surface area contributed by atoms with Gasteiger partial charge in [0.25, 0.3) is 0 Å². The maximum atomic E-state index is 8.56. The number of carboxylic acid groups (broad SMARTS) is 2. The van der Waals surface area contributed by atoms with Crippen LogP contribution in [0.4, 0.5) is 4.79 Å². The van der Waals surface area contributed by atoms with Crippen molar-refractivity contribution >= 4 is 18.6 Å². The van der Waals surface area contributed by atoms with Crippen LogP contribution >= 0.6 is 12.4 Å². The fraction of sp³-hybridized carbons (Fsp3) is 0. The fourth-order valence-electron chi connectivity index (χ4n) is 0. The molecule has 0 heterocycles. The largest absolute Gasteiger partial charge is 1.00 e. The summed E-state index contributed by atoms with van der Waals surface area (Å²) < 4.78 is 0. The molecule has 0 aromatic carbocycles. The van der Waals surface area contributed by atoms with Gasteiger partial charge in [0, 0.05) is 0 Å². The summed E-state index contributed by atoms with van der Waals surface area (Å²) >= 11 is 0. The van der Waals surface area contributed by atoms with E-state index in [0.29, 0.717) is 0 Å². The zero-order valence-corrected chi connectivity index (χ0v) is 11.3. The first kappa shape index (κ1) is 22.5. The second-order valence-electron chi connectivity index (χ2n) is 0.283. The summed E-state index contributed by atoms with van der Waals surface area (Å²) in [6.07, 6.45) is -1.83. The van der Waals surface area contributed by atoms with Gasteiger partial charge in [0.15, 0.2) is 0 Å². The maximum Gasteiger partial charge on any atom is 1.00 e. The monoisotopic (exact) mass is 178 g/mol. The standard InChI is InChI=1S/CH2O3.ClH.2K.2H/c2-1(3)4;;;;;/h(H2,2,3,4);1H;;;;/q;;2*+1;2*-1. The molecule has 36 valence electrons. The quantitative estimate of drug-likeness (QED) is 0.365. The predicted octanol–water partition coefficient (Wildman–Crippen LogP) is -5.12. The summed E-state index contributed by atoms with van der Waals surface area (Å²) in [5, 5.41) is 13.9. The van der Waals surface area contributed by atoms with Gasteiger partial charge in [0.2, 0.25) is 0 Å². The summed E-state index contributed by atoms with van der Waals surface area (Å²) in [6.45, 7) is 0. The Morgan fingerprint density at radius 3 is 1.29 bits per heavy atom. The molecule has 0 amide bonds. The third kappa shape index (κ3) is 51.4. The average molecular weight is 179 g/mol. The molecule has 0 aliphatic rings. The molecule has 0 spiro atoms. The molecule has 7 heavy (non-hydrogen) atoms. The Balaban J connectivity index is -0.00000000450. The van der Waals surface area contributed by atoms with Crippen LogP contribution in [0.3, 0.4) is 0 Å². The Hall–Kier alpha value is 2.83. The number of hydrogen-bond donors (Lipinski definition) is 2. The van der Waals surface area contributed by atoms with Crippen molar-refractivity contribution in [2.24, 2.45) is 0 Å². The van der Waals surface area contributed by atoms with E-state index in [2.05, 4.69) is 0 Å². The van der Waals surface area contributed by atoms with Crippen LogP contribution < -0.4 is 103 Å². The Morgan fingerprint density at radius 2 is 1.29 bits per heavy atom. The summed E-state index contributed by atoms with van der Waals surface area (Å²) in [5.41, 5.74) is 0. The van der Waals surface area contributed by atoms with Crippen molar-refractivity contribution in [1.82, 2.24) is 0 Å². The molecule has 0 rings (SSSR count). The van der Waals surface area contributed by atoms with Crippen LogP contribution in [0.15, 0.2) is 0 Å². The first-order chi connectivity index (χ1) is 1.73. The molecule has 0 aliphatic carbocycles. The topological polar surface area (TPSA) is 57.5 Å². The van der Waals surface area contributed by atoms with Crippen LogP contribution in [0.2, 0.25) is 0 Å². The zero-order valence-electron chi connectivity index (χ0n) is 6.21. The third-order valence-corrected chi connectivity index (χ3v) is 0. The molecule has 2 N–H and O–H groups in total. The van der Waals surface area contributed by atoms with Crippen LogP contribution in [0.5, 0.6) is 0 Å². The van der Waals surface area contributed by atoms with Gasteiger partial charge in [0.05, 0.1) is 0 Å². The van der Waals surface area contributed by atoms with Crippen molar-refractivity contribution in [1.29, 1.82) is 0 Å². The van der Waals surface area contributed by atoms with E-state index in [1.165, 1.54) is 0 Å². The molecule has 0 saturated carbocycles. The van der Waals surface area contributed by atoms with Gasteiger partial charge in [-0.1, -0.05) is 0 Å². The van der Waals surface area contributed by atoms with Gasteiger partial charge < -0.3 is 13.1 Å². The first-order valence-electron chi connectivity index (χ1n) is 0.651. The normalized spacial score (nSPS) is 3.43. The number of hydrogen-bond acceptors (Lipinski definition) is 1. The number of rotatable bonds is 0. The molecule has 0 saturated heterocycles. The minimum atomic E-state index is -1.83. The molecule has 0 radical (unpaired) electrons. The molecular formula is CH5ClK2O3. The van der Waals surface area contributed by atoms with Gasteiger partial charge in [-0.2, -0.15) is 0 Å². The van der Waals surface area contributed by atoms with Gasteiger partial charge in [-0.05, 0) is 0 Å². The smallest absolute Gasteiger partial charge is 1.00 e. The van der Waals surface area contributed by atoms with E-state index in [-0.39, 0.29) is 118 Å². The van der Waals surface area contributed by atoms with Gasteiger partial charge in [-0.3, -0.25) is 0 Å². The predicted molar refractivity (Wildman–Crippen MR) is 20.1 cm³/mol. The van der Waals surface area contributed by atoms with E-state index < -0.39 is 6.16 Å². The molecule has 0 fully saturated rings. The van der Waals surface area contributed by atoms with Crippen molar-refractivity contribution in [3.63, 3.8) is 0 Å². The van der Waals surface area contributed by atoms with E-state index in [9.17, 15) is 0 Å². The van der Waals surface area contributed by atoms with Crippen molar-refractivity contribution < 1.29 is 121 Å². The molecule has 0 aromatic rings. The van der Waals surface area contributed by atoms with Crippen LogP contribution in [0.25, 0.3) is 0 Å². The molecule has 0 aliphatic heterocycles. The number of carbonyl (C=O) groups is 1. The van der Waals surface area contributed by atoms with Crippen LogP contribution in [-0.4, -0.2) is 16.4 Å². The van der Waals surface area contributed by atoms with Crippen LogP contribution in [0, 0.1) is 0 Å².